The highest BCUT2D eigenvalue weighted by atomic mass is 16.1. The van der Waals surface area contributed by atoms with Gasteiger partial charge in [0.1, 0.15) is 6.29 Å². The molecule has 4 heteroatoms. The van der Waals surface area contributed by atoms with Crippen molar-refractivity contribution in [1.29, 1.82) is 0 Å². The van der Waals surface area contributed by atoms with E-state index in [-0.39, 0.29) is 12.5 Å². The highest BCUT2D eigenvalue weighted by Gasteiger charge is 1.94. The van der Waals surface area contributed by atoms with Crippen LogP contribution >= 0.6 is 0 Å². The van der Waals surface area contributed by atoms with E-state index in [1.165, 1.54) is 0 Å². The average Bonchev–Trinajstić information content (AvgIpc) is 2.04. The number of carbonyl (C=O) groups is 2. The maximum absolute atomic E-state index is 10.5. The third-order valence-electron chi connectivity index (χ3n) is 1.26. The van der Waals surface area contributed by atoms with E-state index >= 15 is 0 Å². The molecule has 0 aromatic rings. The highest BCUT2D eigenvalue weighted by molar-refractivity contribution is 5.77. The number of hydrogen-bond donors (Lipinski definition) is 2. The largest absolute Gasteiger partial charge is 0.355 e. The van der Waals surface area contributed by atoms with E-state index in [1.807, 2.05) is 0 Å². The standard InChI is InChI=1S/C7H14N2O2/c8-6-7(11)9-4-2-1-3-5-10/h5H,1-4,6,8H2,(H,9,11). The number of aldehydes is 1. The number of carbonyl (C=O) groups excluding carboxylic acids is 2. The minimum absolute atomic E-state index is 0.0354. The lowest BCUT2D eigenvalue weighted by molar-refractivity contribution is -0.119. The molecule has 0 aromatic carbocycles. The minimum Gasteiger partial charge on any atom is -0.355 e. The van der Waals surface area contributed by atoms with Crippen LogP contribution in [0.15, 0.2) is 0 Å². The molecule has 0 aromatic heterocycles. The van der Waals surface area contributed by atoms with Gasteiger partial charge < -0.3 is 15.8 Å². The molecule has 0 heterocycles. The SMILES string of the molecule is NCC(=O)NCCCCC=O. The van der Waals surface area contributed by atoms with Crippen LogP contribution in [0.4, 0.5) is 0 Å². The monoisotopic (exact) mass is 158 g/mol. The Morgan fingerprint density at radius 3 is 2.73 bits per heavy atom. The smallest absolute Gasteiger partial charge is 0.233 e. The van der Waals surface area contributed by atoms with Gasteiger partial charge in [-0.15, -0.1) is 0 Å². The van der Waals surface area contributed by atoms with Gasteiger partial charge in [-0.2, -0.15) is 0 Å². The molecule has 11 heavy (non-hydrogen) atoms. The molecule has 0 unspecified atom stereocenters. The second kappa shape index (κ2) is 7.21. The van der Waals surface area contributed by atoms with Crippen molar-refractivity contribution in [3.8, 4) is 0 Å². The van der Waals surface area contributed by atoms with Gasteiger partial charge in [0.15, 0.2) is 0 Å². The average molecular weight is 158 g/mol. The van der Waals surface area contributed by atoms with Crippen molar-refractivity contribution in [2.75, 3.05) is 13.1 Å². The quantitative estimate of drug-likeness (QED) is 0.401. The first-order valence-electron chi connectivity index (χ1n) is 3.71. The minimum atomic E-state index is -0.142. The summed E-state index contributed by atoms with van der Waals surface area (Å²) in [6, 6.07) is 0. The maximum Gasteiger partial charge on any atom is 0.233 e. The van der Waals surface area contributed by atoms with Gasteiger partial charge in [0, 0.05) is 13.0 Å². The predicted molar refractivity (Wildman–Crippen MR) is 42.0 cm³/mol. The summed E-state index contributed by atoms with van der Waals surface area (Å²) in [6.07, 6.45) is 3.11. The number of nitrogens with two attached hydrogens (primary N) is 1. The summed E-state index contributed by atoms with van der Waals surface area (Å²) < 4.78 is 0. The van der Waals surface area contributed by atoms with E-state index in [1.54, 1.807) is 0 Å². The van der Waals surface area contributed by atoms with Crippen molar-refractivity contribution < 1.29 is 9.59 Å². The zero-order chi connectivity index (χ0) is 8.53. The van der Waals surface area contributed by atoms with Crippen molar-refractivity contribution >= 4 is 12.2 Å². The Hall–Kier alpha value is -0.900. The molecule has 0 atom stereocenters. The molecule has 0 fully saturated rings. The molecule has 1 amide bonds. The molecule has 0 spiro atoms. The molecule has 64 valence electrons. The Morgan fingerprint density at radius 1 is 1.45 bits per heavy atom. The lowest BCUT2D eigenvalue weighted by Crippen LogP contribution is -2.30. The topological polar surface area (TPSA) is 72.2 Å². The Kier molecular flexibility index (Phi) is 6.62. The van der Waals surface area contributed by atoms with Gasteiger partial charge in [-0.1, -0.05) is 0 Å². The first-order valence-corrected chi connectivity index (χ1v) is 3.71. The summed E-state index contributed by atoms with van der Waals surface area (Å²) in [6.45, 7) is 0.650. The fourth-order valence-corrected chi connectivity index (χ4v) is 0.653. The number of nitrogens with one attached hydrogen (secondary N) is 1. The highest BCUT2D eigenvalue weighted by Crippen LogP contribution is 1.89. The Balaban J connectivity index is 3.01. The van der Waals surface area contributed by atoms with Crippen LogP contribution in [-0.4, -0.2) is 25.3 Å². The third-order valence-corrected chi connectivity index (χ3v) is 1.26. The van der Waals surface area contributed by atoms with Crippen LogP contribution in [0.5, 0.6) is 0 Å². The van der Waals surface area contributed by atoms with Crippen LogP contribution < -0.4 is 11.1 Å². The number of amides is 1. The summed E-state index contributed by atoms with van der Waals surface area (Å²) in [4.78, 5) is 20.4. The molecular formula is C7H14N2O2. The van der Waals surface area contributed by atoms with Gasteiger partial charge in [0.05, 0.1) is 6.54 Å². The van der Waals surface area contributed by atoms with Crippen molar-refractivity contribution in [3.05, 3.63) is 0 Å². The third kappa shape index (κ3) is 6.99. The van der Waals surface area contributed by atoms with E-state index in [0.717, 1.165) is 19.1 Å². The van der Waals surface area contributed by atoms with E-state index in [0.29, 0.717) is 13.0 Å². The van der Waals surface area contributed by atoms with Crippen molar-refractivity contribution in [2.45, 2.75) is 19.3 Å². The molecule has 0 bridgehead atoms. The van der Waals surface area contributed by atoms with Gasteiger partial charge >= 0.3 is 0 Å². The van der Waals surface area contributed by atoms with Gasteiger partial charge in [-0.05, 0) is 12.8 Å². The summed E-state index contributed by atoms with van der Waals surface area (Å²) in [5, 5.41) is 2.61. The molecular weight excluding hydrogens is 144 g/mol. The van der Waals surface area contributed by atoms with Gasteiger partial charge in [-0.3, -0.25) is 4.79 Å². The number of rotatable bonds is 6. The second-order valence-corrected chi connectivity index (χ2v) is 2.22. The maximum atomic E-state index is 10.5. The molecule has 0 radical (unpaired) electrons. The van der Waals surface area contributed by atoms with Gasteiger partial charge in [0.25, 0.3) is 0 Å². The molecule has 0 aliphatic carbocycles. The van der Waals surface area contributed by atoms with E-state index in [4.69, 9.17) is 5.73 Å². The van der Waals surface area contributed by atoms with E-state index in [2.05, 4.69) is 5.32 Å². The lowest BCUT2D eigenvalue weighted by Gasteiger charge is -2.00. The fraction of sp³-hybridized carbons (Fsp3) is 0.714. The van der Waals surface area contributed by atoms with Gasteiger partial charge in [-0.25, -0.2) is 0 Å². The van der Waals surface area contributed by atoms with E-state index < -0.39 is 0 Å². The Labute approximate surface area is 66.1 Å². The lowest BCUT2D eigenvalue weighted by atomic mass is 10.2. The van der Waals surface area contributed by atoms with Crippen LogP contribution in [-0.2, 0) is 9.59 Å². The van der Waals surface area contributed by atoms with E-state index in [9.17, 15) is 9.59 Å². The number of unbranched alkanes of at least 4 members (excludes halogenated alkanes) is 2. The molecule has 0 saturated heterocycles. The zero-order valence-corrected chi connectivity index (χ0v) is 6.51. The van der Waals surface area contributed by atoms with Crippen molar-refractivity contribution in [2.24, 2.45) is 5.73 Å². The fourth-order valence-electron chi connectivity index (χ4n) is 0.653. The zero-order valence-electron chi connectivity index (χ0n) is 6.51. The molecule has 3 N–H and O–H groups in total. The van der Waals surface area contributed by atoms with Crippen LogP contribution in [0, 0.1) is 0 Å². The first kappa shape index (κ1) is 10.1. The molecule has 0 saturated carbocycles. The van der Waals surface area contributed by atoms with Crippen LogP contribution in [0.3, 0.4) is 0 Å². The molecule has 0 aliphatic rings. The van der Waals surface area contributed by atoms with Gasteiger partial charge in [0.2, 0.25) is 5.91 Å². The summed E-state index contributed by atoms with van der Waals surface area (Å²) in [5.41, 5.74) is 5.04. The normalized spacial score (nSPS) is 9.18. The predicted octanol–water partition coefficient (Wildman–Crippen LogP) is -0.570. The first-order chi connectivity index (χ1) is 5.31. The molecule has 0 aliphatic heterocycles. The van der Waals surface area contributed by atoms with Crippen LogP contribution in [0.2, 0.25) is 0 Å². The molecule has 4 nitrogen and oxygen atoms in total. The molecule has 0 rings (SSSR count). The van der Waals surface area contributed by atoms with Crippen LogP contribution in [0.1, 0.15) is 19.3 Å². The Bertz CT molecular complexity index is 126. The summed E-state index contributed by atoms with van der Waals surface area (Å²) >= 11 is 0. The second-order valence-electron chi connectivity index (χ2n) is 2.22. The van der Waals surface area contributed by atoms with Crippen LogP contribution in [0.25, 0.3) is 0 Å². The van der Waals surface area contributed by atoms with Crippen molar-refractivity contribution in [3.63, 3.8) is 0 Å². The number of hydrogen-bond acceptors (Lipinski definition) is 3. The van der Waals surface area contributed by atoms with Crippen molar-refractivity contribution in [1.82, 2.24) is 5.32 Å². The summed E-state index contributed by atoms with van der Waals surface area (Å²) in [5.74, 6) is -0.142. The summed E-state index contributed by atoms with van der Waals surface area (Å²) in [7, 11) is 0. The Morgan fingerprint density at radius 2 is 2.18 bits per heavy atom.